The molecule has 214 valence electrons. The molecular weight excluding hydrogens is 508 g/mol. The van der Waals surface area contributed by atoms with Gasteiger partial charge in [-0.15, -0.1) is 0 Å². The summed E-state index contributed by atoms with van der Waals surface area (Å²) in [5.74, 6) is -0.594. The minimum Gasteiger partial charge on any atom is -0.455 e. The lowest BCUT2D eigenvalue weighted by Crippen LogP contribution is -2.29. The van der Waals surface area contributed by atoms with Gasteiger partial charge < -0.3 is 18.9 Å². The number of hydrogen-bond acceptors (Lipinski definition) is 8. The van der Waals surface area contributed by atoms with Crippen molar-refractivity contribution < 1.29 is 28.5 Å². The Balaban J connectivity index is 1.03. The summed E-state index contributed by atoms with van der Waals surface area (Å²) in [6.45, 7) is 13.4. The van der Waals surface area contributed by atoms with Crippen LogP contribution in [0.4, 0.5) is 0 Å². The molecule has 0 saturated carbocycles. The Labute approximate surface area is 236 Å². The number of fused-ring (bicyclic) bond motifs is 6. The van der Waals surface area contributed by atoms with Gasteiger partial charge in [0.2, 0.25) is 0 Å². The first-order chi connectivity index (χ1) is 19.2. The summed E-state index contributed by atoms with van der Waals surface area (Å²) in [6.07, 6.45) is 14.7. The Morgan fingerprint density at radius 2 is 1.23 bits per heavy atom. The Morgan fingerprint density at radius 3 is 1.65 bits per heavy atom. The van der Waals surface area contributed by atoms with Crippen molar-refractivity contribution in [2.45, 2.75) is 101 Å². The van der Waals surface area contributed by atoms with Crippen LogP contribution in [-0.4, -0.2) is 73.1 Å². The number of esters is 2. The smallest absolute Gasteiger partial charge is 0.334 e. The predicted octanol–water partition coefficient (Wildman–Crippen LogP) is 4.64. The third kappa shape index (κ3) is 5.28. The second kappa shape index (κ2) is 10.5. The first-order valence-electron chi connectivity index (χ1n) is 14.7. The summed E-state index contributed by atoms with van der Waals surface area (Å²) in [5.41, 5.74) is 3.00. The fraction of sp³-hybridized carbons (Fsp3) is 0.625. The molecule has 0 aromatic carbocycles. The molecule has 4 heterocycles. The zero-order chi connectivity index (χ0) is 28.1. The molecular formula is C32H40N2O6. The Kier molecular flexibility index (Phi) is 7.20. The molecule has 6 rings (SSSR count). The van der Waals surface area contributed by atoms with E-state index in [-0.39, 0.29) is 59.4 Å². The number of carbonyl (C=O) groups is 2. The van der Waals surface area contributed by atoms with Crippen LogP contribution in [0, 0.1) is 11.8 Å². The van der Waals surface area contributed by atoms with Gasteiger partial charge in [0, 0.05) is 35.4 Å². The third-order valence-corrected chi connectivity index (χ3v) is 9.63. The largest absolute Gasteiger partial charge is 0.455 e. The standard InChI is InChI=1S/C32H40N2O6/c1-19-23-11-9-21(7-5-13-31(3)27(39-31)25(23)37-29(19)35)17-33-15-16-34-18-22-8-6-14-32(4)28(40-32)26-24(12-10-22)20(2)30(36)38-26/h7-8,17-18,23-28H,1-2,5-6,9-16H2,3-4H3/b21-7+,22-8+,33-17-,34-18?/t23-,24-,25-,26-,27-,28-,31+,32+/m0/s1. The fourth-order valence-corrected chi connectivity index (χ4v) is 6.88. The maximum Gasteiger partial charge on any atom is 0.334 e. The quantitative estimate of drug-likeness (QED) is 0.163. The van der Waals surface area contributed by atoms with Gasteiger partial charge in [-0.25, -0.2) is 9.59 Å². The number of rotatable bonds is 5. The molecule has 4 saturated heterocycles. The van der Waals surface area contributed by atoms with Gasteiger partial charge in [-0.3, -0.25) is 9.98 Å². The van der Waals surface area contributed by atoms with Gasteiger partial charge in [0.1, 0.15) is 24.4 Å². The van der Waals surface area contributed by atoms with E-state index in [0.717, 1.165) is 51.4 Å². The minimum absolute atomic E-state index is 0.00862. The van der Waals surface area contributed by atoms with Gasteiger partial charge in [-0.1, -0.05) is 25.3 Å². The summed E-state index contributed by atoms with van der Waals surface area (Å²) in [7, 11) is 0. The van der Waals surface area contributed by atoms with E-state index in [0.29, 0.717) is 24.2 Å². The highest BCUT2D eigenvalue weighted by Gasteiger charge is 2.62. The zero-order valence-electron chi connectivity index (χ0n) is 23.6. The number of carbonyl (C=O) groups excluding carboxylic acids is 2. The van der Waals surface area contributed by atoms with Crippen LogP contribution in [0.1, 0.15) is 65.2 Å². The summed E-state index contributed by atoms with van der Waals surface area (Å²) in [6, 6.07) is 0. The van der Waals surface area contributed by atoms with Crippen molar-refractivity contribution in [2.75, 3.05) is 13.1 Å². The molecule has 6 aliphatic rings. The number of aliphatic imine (C=N–C) groups is 2. The zero-order valence-corrected chi connectivity index (χ0v) is 23.6. The van der Waals surface area contributed by atoms with Crippen molar-refractivity contribution in [1.82, 2.24) is 0 Å². The lowest BCUT2D eigenvalue weighted by molar-refractivity contribution is -0.140. The van der Waals surface area contributed by atoms with Crippen molar-refractivity contribution in [2.24, 2.45) is 21.8 Å². The summed E-state index contributed by atoms with van der Waals surface area (Å²) < 4.78 is 23.3. The normalized spacial score (nSPS) is 44.0. The van der Waals surface area contributed by atoms with Gasteiger partial charge in [0.05, 0.1) is 24.3 Å². The highest BCUT2D eigenvalue weighted by molar-refractivity contribution is 5.91. The number of nitrogens with zero attached hydrogens (tertiary/aromatic N) is 2. The molecule has 0 radical (unpaired) electrons. The minimum atomic E-state index is -0.288. The summed E-state index contributed by atoms with van der Waals surface area (Å²) in [4.78, 5) is 33.7. The highest BCUT2D eigenvalue weighted by atomic mass is 16.7. The van der Waals surface area contributed by atoms with E-state index < -0.39 is 0 Å². The third-order valence-electron chi connectivity index (χ3n) is 9.63. The van der Waals surface area contributed by atoms with E-state index in [9.17, 15) is 9.59 Å². The van der Waals surface area contributed by atoms with Crippen LogP contribution < -0.4 is 0 Å². The maximum atomic E-state index is 12.2. The lowest BCUT2D eigenvalue weighted by Gasteiger charge is -2.19. The summed E-state index contributed by atoms with van der Waals surface area (Å²) in [5, 5.41) is 0. The van der Waals surface area contributed by atoms with Crippen LogP contribution in [0.5, 0.6) is 0 Å². The molecule has 0 N–H and O–H groups in total. The van der Waals surface area contributed by atoms with Gasteiger partial charge in [0.15, 0.2) is 0 Å². The molecule has 0 aromatic heterocycles. The van der Waals surface area contributed by atoms with Gasteiger partial charge in [-0.05, 0) is 76.4 Å². The van der Waals surface area contributed by atoms with Crippen molar-refractivity contribution >= 4 is 24.4 Å². The van der Waals surface area contributed by atoms with Crippen LogP contribution in [-0.2, 0) is 28.5 Å². The molecule has 0 spiro atoms. The molecule has 40 heavy (non-hydrogen) atoms. The van der Waals surface area contributed by atoms with Crippen molar-refractivity contribution in [1.29, 1.82) is 0 Å². The predicted molar refractivity (Wildman–Crippen MR) is 151 cm³/mol. The fourth-order valence-electron chi connectivity index (χ4n) is 6.88. The molecule has 0 bridgehead atoms. The number of epoxide rings is 2. The number of hydrogen-bond donors (Lipinski definition) is 0. The average Bonchev–Trinajstić information content (AvgIpc) is 3.73. The SMILES string of the molecule is C=C1C(=O)O[C@H]2[C@H]1CC/C(C=NCC/N=C\C1=C\CC[C@@]3(C)O[C@H]3[C@H]3OC(=O)C(=C)[C@@H]3CC1)=C\CC[C@@]1(C)O[C@@H]21. The molecule has 8 nitrogen and oxygen atoms in total. The van der Waals surface area contributed by atoms with Crippen LogP contribution in [0.15, 0.2) is 57.6 Å². The molecule has 0 amide bonds. The molecule has 8 heteroatoms. The van der Waals surface area contributed by atoms with E-state index in [1.165, 1.54) is 11.1 Å². The van der Waals surface area contributed by atoms with Gasteiger partial charge in [-0.2, -0.15) is 0 Å². The van der Waals surface area contributed by atoms with Gasteiger partial charge >= 0.3 is 11.9 Å². The van der Waals surface area contributed by atoms with E-state index in [1.807, 2.05) is 12.4 Å². The first kappa shape index (κ1) is 27.3. The van der Waals surface area contributed by atoms with Crippen LogP contribution in [0.2, 0.25) is 0 Å². The molecule has 0 unspecified atom stereocenters. The van der Waals surface area contributed by atoms with E-state index in [1.54, 1.807) is 0 Å². The Morgan fingerprint density at radius 1 is 0.800 bits per heavy atom. The monoisotopic (exact) mass is 548 g/mol. The average molecular weight is 549 g/mol. The molecule has 8 atom stereocenters. The van der Waals surface area contributed by atoms with Crippen LogP contribution >= 0.6 is 0 Å². The van der Waals surface area contributed by atoms with Crippen LogP contribution in [0.3, 0.4) is 0 Å². The topological polar surface area (TPSA) is 102 Å². The second-order valence-electron chi connectivity index (χ2n) is 12.5. The van der Waals surface area contributed by atoms with E-state index in [2.05, 4.69) is 49.1 Å². The van der Waals surface area contributed by atoms with Crippen LogP contribution in [0.25, 0.3) is 0 Å². The molecule has 4 aliphatic heterocycles. The number of allylic oxidation sites excluding steroid dienone is 4. The Hall–Kier alpha value is -2.84. The second-order valence-corrected chi connectivity index (χ2v) is 12.5. The Bertz CT molecular complexity index is 1140. The van der Waals surface area contributed by atoms with E-state index >= 15 is 0 Å². The lowest BCUT2D eigenvalue weighted by atomic mass is 9.84. The van der Waals surface area contributed by atoms with Crippen molar-refractivity contribution in [3.8, 4) is 0 Å². The van der Waals surface area contributed by atoms with Gasteiger partial charge in [0.25, 0.3) is 0 Å². The molecule has 0 aromatic rings. The van der Waals surface area contributed by atoms with Crippen molar-refractivity contribution in [3.05, 3.63) is 47.6 Å². The highest BCUT2D eigenvalue weighted by Crippen LogP contribution is 2.51. The maximum absolute atomic E-state index is 12.2. The van der Waals surface area contributed by atoms with E-state index in [4.69, 9.17) is 18.9 Å². The summed E-state index contributed by atoms with van der Waals surface area (Å²) >= 11 is 0. The number of ether oxygens (including phenoxy) is 4. The first-order valence-corrected chi connectivity index (χ1v) is 14.7. The molecule has 2 aliphatic carbocycles. The molecule has 4 fully saturated rings. The van der Waals surface area contributed by atoms with Crippen molar-refractivity contribution in [3.63, 3.8) is 0 Å².